The molecule has 5 rings (SSSR count). The van der Waals surface area contributed by atoms with Gasteiger partial charge in [0, 0.05) is 30.7 Å². The number of methoxy groups -OCH3 is 1. The van der Waals surface area contributed by atoms with E-state index in [4.69, 9.17) is 15.2 Å². The van der Waals surface area contributed by atoms with Gasteiger partial charge in [-0.05, 0) is 54.4 Å². The molecule has 2 heterocycles. The van der Waals surface area contributed by atoms with Crippen LogP contribution in [-0.2, 0) is 29.1 Å². The van der Waals surface area contributed by atoms with E-state index in [1.165, 1.54) is 31.4 Å². The number of imidazole rings is 1. The van der Waals surface area contributed by atoms with Gasteiger partial charge in [0.05, 0.1) is 28.8 Å². The maximum atomic E-state index is 15.5. The first-order valence-electron chi connectivity index (χ1n) is 13.3. The number of ether oxygens (including phenoxy) is 2. The fourth-order valence-electron chi connectivity index (χ4n) is 4.69. The number of amides is 1. The number of carbonyl (C=O) groups excluding carboxylic acids is 1. The van der Waals surface area contributed by atoms with Crippen molar-refractivity contribution in [1.29, 1.82) is 0 Å². The molecule has 3 aromatic carbocycles. The molecule has 11 heteroatoms. The highest BCUT2D eigenvalue weighted by Gasteiger charge is 2.21. The smallest absolute Gasteiger partial charge is 0.335 e. The molecule has 1 amide bonds. The molecular weight excluding hydrogens is 558 g/mol. The van der Waals surface area contributed by atoms with Gasteiger partial charge in [-0.2, -0.15) is 0 Å². The average molecular weight is 587 g/mol. The third-order valence-electron chi connectivity index (χ3n) is 7.03. The topological polar surface area (TPSA) is 130 Å². The van der Waals surface area contributed by atoms with E-state index in [2.05, 4.69) is 9.97 Å². The number of aromatic nitrogens is 3. The van der Waals surface area contributed by atoms with Gasteiger partial charge >= 0.3 is 5.97 Å². The first-order valence-corrected chi connectivity index (χ1v) is 13.3. The molecule has 0 bridgehead atoms. The van der Waals surface area contributed by atoms with Crippen LogP contribution < -0.4 is 10.5 Å². The zero-order valence-corrected chi connectivity index (χ0v) is 23.4. The average Bonchev–Trinajstić information content (AvgIpc) is 3.32. The largest absolute Gasteiger partial charge is 0.478 e. The molecule has 0 unspecified atom stereocenters. The predicted molar refractivity (Wildman–Crippen MR) is 155 cm³/mol. The van der Waals surface area contributed by atoms with E-state index in [9.17, 15) is 19.1 Å². The van der Waals surface area contributed by atoms with Crippen LogP contribution in [0, 0.1) is 18.6 Å². The Morgan fingerprint density at radius 3 is 2.44 bits per heavy atom. The Morgan fingerprint density at radius 1 is 0.977 bits per heavy atom. The van der Waals surface area contributed by atoms with Crippen LogP contribution in [0.1, 0.15) is 32.9 Å². The van der Waals surface area contributed by atoms with Gasteiger partial charge in [-0.15, -0.1) is 0 Å². The van der Waals surface area contributed by atoms with E-state index in [0.717, 1.165) is 5.56 Å². The molecule has 5 aromatic rings. The van der Waals surface area contributed by atoms with Crippen LogP contribution in [0.25, 0.3) is 22.3 Å². The predicted octanol–water partition coefficient (Wildman–Crippen LogP) is 5.05. The van der Waals surface area contributed by atoms with Gasteiger partial charge in [-0.1, -0.05) is 30.3 Å². The van der Waals surface area contributed by atoms with Crippen molar-refractivity contribution in [3.63, 3.8) is 0 Å². The number of carboxylic acid groups (broad SMARTS) is 1. The summed E-state index contributed by atoms with van der Waals surface area (Å²) in [5, 5.41) is 9.46. The second kappa shape index (κ2) is 12.4. The number of nitrogens with zero attached hydrogens (tertiary/aromatic N) is 3. The van der Waals surface area contributed by atoms with Gasteiger partial charge in [0.15, 0.2) is 6.10 Å². The number of carboxylic acids is 1. The number of aromatic carboxylic acids is 1. The molecule has 0 aliphatic rings. The summed E-state index contributed by atoms with van der Waals surface area (Å²) >= 11 is 0. The van der Waals surface area contributed by atoms with E-state index in [-0.39, 0.29) is 36.8 Å². The Kier molecular flexibility index (Phi) is 8.44. The van der Waals surface area contributed by atoms with Crippen LogP contribution in [0.15, 0.2) is 72.8 Å². The quantitative estimate of drug-likeness (QED) is 0.222. The minimum atomic E-state index is -1.12. The van der Waals surface area contributed by atoms with Crippen LogP contribution >= 0.6 is 0 Å². The summed E-state index contributed by atoms with van der Waals surface area (Å²) in [6.07, 6.45) is -0.975. The first-order chi connectivity index (χ1) is 20.6. The third kappa shape index (κ3) is 6.52. The number of hydrogen-bond acceptors (Lipinski definition) is 6. The minimum absolute atomic E-state index is 0.00942. The number of halogens is 2. The summed E-state index contributed by atoms with van der Waals surface area (Å²) < 4.78 is 42.2. The summed E-state index contributed by atoms with van der Waals surface area (Å²) in [7, 11) is 1.34. The molecule has 0 saturated carbocycles. The summed E-state index contributed by atoms with van der Waals surface area (Å²) in [6, 6.07) is 19.0. The summed E-state index contributed by atoms with van der Waals surface area (Å²) in [5.41, 5.74) is 8.91. The lowest BCUT2D eigenvalue weighted by Crippen LogP contribution is -2.34. The number of fused-ring (bicyclic) bond motifs is 1. The maximum absolute atomic E-state index is 15.5. The van der Waals surface area contributed by atoms with Gasteiger partial charge in [-0.3, -0.25) is 4.79 Å². The Morgan fingerprint density at radius 2 is 1.74 bits per heavy atom. The summed E-state index contributed by atoms with van der Waals surface area (Å²) in [5.74, 6) is -2.06. The van der Waals surface area contributed by atoms with Crippen LogP contribution in [0.2, 0.25) is 0 Å². The van der Waals surface area contributed by atoms with Crippen LogP contribution in [0.4, 0.5) is 8.78 Å². The zero-order valence-electron chi connectivity index (χ0n) is 23.4. The molecule has 0 saturated heterocycles. The standard InChI is InChI=1S/C32H28F2N4O5/c1-18-6-7-22(23(33)12-18)17-43-30-5-3-4-25(37-30)20-9-8-19(24(34)13-20)15-29-36-26-11-10-21(32(40)41)14-27(26)38(29)16-28(42-2)31(35)39/h3-14,28H,15-17H2,1-2H3,(H2,35,39)(H,40,41)/t28-/m1/s1. The number of primary amides is 1. The highest BCUT2D eigenvalue weighted by atomic mass is 19.1. The first kappa shape index (κ1) is 29.3. The monoisotopic (exact) mass is 586 g/mol. The molecule has 43 heavy (non-hydrogen) atoms. The van der Waals surface area contributed by atoms with E-state index >= 15 is 4.39 Å². The molecule has 0 radical (unpaired) electrons. The molecule has 3 N–H and O–H groups in total. The number of carbonyl (C=O) groups is 2. The molecule has 2 aromatic heterocycles. The SMILES string of the molecule is CO[C@H](Cn1c(Cc2ccc(-c3cccc(OCc4ccc(C)cc4F)n3)cc2F)nc2ccc(C(=O)O)cc21)C(N)=O. The number of hydrogen-bond donors (Lipinski definition) is 2. The molecule has 0 aliphatic carbocycles. The van der Waals surface area contributed by atoms with E-state index in [0.29, 0.717) is 39.2 Å². The van der Waals surface area contributed by atoms with Crippen molar-refractivity contribution >= 4 is 22.9 Å². The van der Waals surface area contributed by atoms with Gasteiger partial charge in [0.2, 0.25) is 11.8 Å². The molecule has 0 aliphatic heterocycles. The highest BCUT2D eigenvalue weighted by Crippen LogP contribution is 2.26. The van der Waals surface area contributed by atoms with Crippen LogP contribution in [-0.4, -0.2) is 44.7 Å². The van der Waals surface area contributed by atoms with E-state index < -0.39 is 23.8 Å². The second-order valence-corrected chi connectivity index (χ2v) is 10.0. The van der Waals surface area contributed by atoms with Crippen LogP contribution in [0.5, 0.6) is 5.88 Å². The lowest BCUT2D eigenvalue weighted by molar-refractivity contribution is -0.128. The third-order valence-corrected chi connectivity index (χ3v) is 7.03. The fourth-order valence-corrected chi connectivity index (χ4v) is 4.69. The maximum Gasteiger partial charge on any atom is 0.335 e. The molecular formula is C32H28F2N4O5. The number of nitrogens with two attached hydrogens (primary N) is 1. The number of rotatable bonds is 11. The number of aryl methyl sites for hydroxylation is 1. The van der Waals surface area contributed by atoms with Gasteiger partial charge < -0.3 is 24.9 Å². The molecule has 1 atom stereocenters. The normalized spacial score (nSPS) is 11.9. The number of pyridine rings is 1. The summed E-state index contributed by atoms with van der Waals surface area (Å²) in [6.45, 7) is 1.76. The van der Waals surface area contributed by atoms with Crippen LogP contribution in [0.3, 0.4) is 0 Å². The number of benzene rings is 3. The molecule has 0 spiro atoms. The second-order valence-electron chi connectivity index (χ2n) is 10.0. The minimum Gasteiger partial charge on any atom is -0.478 e. The van der Waals surface area contributed by atoms with Crippen molar-refractivity contribution in [1.82, 2.24) is 14.5 Å². The van der Waals surface area contributed by atoms with Gasteiger partial charge in [-0.25, -0.2) is 23.5 Å². The lowest BCUT2D eigenvalue weighted by atomic mass is 10.1. The van der Waals surface area contributed by atoms with Crippen molar-refractivity contribution in [2.24, 2.45) is 5.73 Å². The van der Waals surface area contributed by atoms with Crippen molar-refractivity contribution in [2.45, 2.75) is 32.6 Å². The van der Waals surface area contributed by atoms with Crippen molar-refractivity contribution < 1.29 is 33.0 Å². The lowest BCUT2D eigenvalue weighted by Gasteiger charge is -2.16. The van der Waals surface area contributed by atoms with Crippen molar-refractivity contribution in [3.05, 3.63) is 113 Å². The highest BCUT2D eigenvalue weighted by molar-refractivity contribution is 5.92. The zero-order chi connectivity index (χ0) is 30.7. The van der Waals surface area contributed by atoms with Crippen molar-refractivity contribution in [2.75, 3.05) is 7.11 Å². The van der Waals surface area contributed by atoms with E-state index in [1.807, 2.05) is 0 Å². The Hall–Kier alpha value is -5.16. The van der Waals surface area contributed by atoms with Gasteiger partial charge in [0.25, 0.3) is 0 Å². The fraction of sp³-hybridized carbons (Fsp3) is 0.188. The Labute approximate surface area is 245 Å². The molecule has 0 fully saturated rings. The molecule has 9 nitrogen and oxygen atoms in total. The summed E-state index contributed by atoms with van der Waals surface area (Å²) in [4.78, 5) is 32.5. The van der Waals surface area contributed by atoms with E-state index in [1.54, 1.807) is 60.0 Å². The Bertz CT molecular complexity index is 1840. The Balaban J connectivity index is 1.41. The molecule has 220 valence electrons. The van der Waals surface area contributed by atoms with Gasteiger partial charge in [0.1, 0.15) is 24.1 Å². The van der Waals surface area contributed by atoms with Crippen molar-refractivity contribution in [3.8, 4) is 17.1 Å².